The lowest BCUT2D eigenvalue weighted by Gasteiger charge is -2.20. The molecule has 2 atom stereocenters. The van der Waals surface area contributed by atoms with Crippen molar-refractivity contribution in [2.75, 3.05) is 13.7 Å². The molecule has 0 fully saturated rings. The van der Waals surface area contributed by atoms with Crippen molar-refractivity contribution in [3.63, 3.8) is 0 Å². The van der Waals surface area contributed by atoms with Crippen LogP contribution in [0.2, 0.25) is 5.02 Å². The van der Waals surface area contributed by atoms with E-state index in [4.69, 9.17) is 20.9 Å². The zero-order valence-electron chi connectivity index (χ0n) is 21.3. The fourth-order valence-electron chi connectivity index (χ4n) is 3.34. The molecular formula is C26H23ClF3N3O7. The quantitative estimate of drug-likeness (QED) is 0.259. The van der Waals surface area contributed by atoms with Gasteiger partial charge in [-0.15, -0.1) is 0 Å². The minimum Gasteiger partial charge on any atom is -0.482 e. The van der Waals surface area contributed by atoms with Gasteiger partial charge in [0.2, 0.25) is 11.7 Å². The van der Waals surface area contributed by atoms with E-state index in [0.29, 0.717) is 16.7 Å². The number of rotatable bonds is 11. The molecule has 0 spiro atoms. The first-order chi connectivity index (χ1) is 18.9. The highest BCUT2D eigenvalue weighted by atomic mass is 35.5. The van der Waals surface area contributed by atoms with Crippen LogP contribution in [0.25, 0.3) is 11.3 Å². The molecule has 3 aromatic rings. The molecule has 0 aliphatic rings. The fourth-order valence-corrected chi connectivity index (χ4v) is 3.47. The molecule has 2 N–H and O–H groups in total. The van der Waals surface area contributed by atoms with E-state index in [1.54, 1.807) is 24.3 Å². The van der Waals surface area contributed by atoms with E-state index in [9.17, 15) is 32.3 Å². The maximum absolute atomic E-state index is 14.1. The molecule has 3 rings (SSSR count). The molecule has 0 aliphatic carbocycles. The van der Waals surface area contributed by atoms with E-state index in [2.05, 4.69) is 20.5 Å². The third kappa shape index (κ3) is 7.38. The zero-order valence-corrected chi connectivity index (χ0v) is 22.1. The number of esters is 1. The largest absolute Gasteiger partial charge is 0.482 e. The SMILES string of the molecule is COC(=O)C[C@H](NC(=O)[C@H](C)NC(=O)c1cc(-c2ccc(Cl)cc2)on1)C(=O)COc1c(C)c(F)cc(F)c1F. The molecule has 0 saturated carbocycles. The van der Waals surface area contributed by atoms with Gasteiger partial charge in [0.25, 0.3) is 5.91 Å². The number of nitrogens with zero attached hydrogens (tertiary/aromatic N) is 1. The van der Waals surface area contributed by atoms with Crippen molar-refractivity contribution < 1.29 is 46.3 Å². The average Bonchev–Trinajstić information content (AvgIpc) is 3.42. The van der Waals surface area contributed by atoms with Gasteiger partial charge in [0.15, 0.2) is 28.8 Å². The van der Waals surface area contributed by atoms with Gasteiger partial charge >= 0.3 is 5.97 Å². The normalized spacial score (nSPS) is 12.3. The van der Waals surface area contributed by atoms with Gasteiger partial charge in [-0.1, -0.05) is 16.8 Å². The van der Waals surface area contributed by atoms with E-state index in [1.165, 1.54) is 13.0 Å². The Hall–Kier alpha value is -4.39. The molecule has 0 aliphatic heterocycles. The molecule has 10 nitrogen and oxygen atoms in total. The molecule has 2 aromatic carbocycles. The first kappa shape index (κ1) is 30.2. The number of ketones is 1. The van der Waals surface area contributed by atoms with E-state index in [-0.39, 0.29) is 17.0 Å². The Morgan fingerprint density at radius 2 is 1.73 bits per heavy atom. The van der Waals surface area contributed by atoms with Gasteiger partial charge in [0.05, 0.1) is 13.5 Å². The number of nitrogens with one attached hydrogen (secondary N) is 2. The van der Waals surface area contributed by atoms with Crippen LogP contribution in [0.15, 0.2) is 40.9 Å². The first-order valence-electron chi connectivity index (χ1n) is 11.6. The predicted molar refractivity (Wildman–Crippen MR) is 134 cm³/mol. The van der Waals surface area contributed by atoms with E-state index in [1.807, 2.05) is 0 Å². The Morgan fingerprint density at radius 3 is 2.38 bits per heavy atom. The van der Waals surface area contributed by atoms with Crippen LogP contribution >= 0.6 is 11.6 Å². The Kier molecular flexibility index (Phi) is 9.88. The number of ether oxygens (including phenoxy) is 2. The van der Waals surface area contributed by atoms with Crippen molar-refractivity contribution in [3.05, 3.63) is 70.1 Å². The van der Waals surface area contributed by atoms with Crippen molar-refractivity contribution >= 4 is 35.2 Å². The summed E-state index contributed by atoms with van der Waals surface area (Å²) in [5, 5.41) is 8.84. The maximum atomic E-state index is 14.1. The molecule has 2 amide bonds. The minimum absolute atomic E-state index is 0.139. The smallest absolute Gasteiger partial charge is 0.308 e. The van der Waals surface area contributed by atoms with Gasteiger partial charge in [-0.25, -0.2) is 8.78 Å². The lowest BCUT2D eigenvalue weighted by molar-refractivity contribution is -0.143. The van der Waals surface area contributed by atoms with Crippen LogP contribution in [0.3, 0.4) is 0 Å². The van der Waals surface area contributed by atoms with Crippen LogP contribution in [0.4, 0.5) is 13.2 Å². The summed E-state index contributed by atoms with van der Waals surface area (Å²) in [5.41, 5.74) is 0.0766. The summed E-state index contributed by atoms with van der Waals surface area (Å²) in [6.45, 7) is 1.47. The number of halogens is 4. The molecule has 40 heavy (non-hydrogen) atoms. The lowest BCUT2D eigenvalue weighted by atomic mass is 10.1. The summed E-state index contributed by atoms with van der Waals surface area (Å²) in [7, 11) is 1.05. The fraction of sp³-hybridized carbons (Fsp3) is 0.269. The second kappa shape index (κ2) is 13.1. The summed E-state index contributed by atoms with van der Waals surface area (Å²) in [6.07, 6.45) is -0.641. The number of carbonyl (C=O) groups is 4. The van der Waals surface area contributed by atoms with Crippen LogP contribution in [0.1, 0.15) is 29.4 Å². The molecule has 14 heteroatoms. The standard InChI is InChI=1S/C26H23ClF3N3O7/c1-12-16(28)8-17(29)23(30)24(12)39-11-20(34)18(10-22(35)38-3)32-25(36)13(2)31-26(37)19-9-21(40-33-19)14-4-6-15(27)7-5-14/h4-9,13,18H,10-11H2,1-3H3,(H,31,37)(H,32,36)/t13-,18-/m0/s1. The van der Waals surface area contributed by atoms with Crippen LogP contribution < -0.4 is 15.4 Å². The van der Waals surface area contributed by atoms with Gasteiger partial charge in [0.1, 0.15) is 24.5 Å². The highest BCUT2D eigenvalue weighted by Crippen LogP contribution is 2.27. The number of hydrogen-bond donors (Lipinski definition) is 2. The van der Waals surface area contributed by atoms with Gasteiger partial charge < -0.3 is 24.6 Å². The third-order valence-corrected chi connectivity index (χ3v) is 5.89. The van der Waals surface area contributed by atoms with Crippen molar-refractivity contribution in [2.24, 2.45) is 0 Å². The van der Waals surface area contributed by atoms with E-state index in [0.717, 1.165) is 14.0 Å². The van der Waals surface area contributed by atoms with Crippen LogP contribution in [0.5, 0.6) is 5.75 Å². The van der Waals surface area contributed by atoms with Gasteiger partial charge in [-0.3, -0.25) is 19.2 Å². The number of hydrogen-bond acceptors (Lipinski definition) is 8. The second-order valence-electron chi connectivity index (χ2n) is 8.48. The molecule has 1 aromatic heterocycles. The Balaban J connectivity index is 1.65. The summed E-state index contributed by atoms with van der Waals surface area (Å²) in [6, 6.07) is 5.46. The zero-order chi connectivity index (χ0) is 29.6. The molecule has 212 valence electrons. The molecule has 0 bridgehead atoms. The third-order valence-electron chi connectivity index (χ3n) is 5.64. The number of amides is 2. The molecule has 0 unspecified atom stereocenters. The van der Waals surface area contributed by atoms with Gasteiger partial charge in [-0.2, -0.15) is 4.39 Å². The number of methoxy groups -OCH3 is 1. The first-order valence-corrected chi connectivity index (χ1v) is 12.0. The van der Waals surface area contributed by atoms with E-state index >= 15 is 0 Å². The number of benzene rings is 2. The van der Waals surface area contributed by atoms with Gasteiger partial charge in [0, 0.05) is 28.3 Å². The highest BCUT2D eigenvalue weighted by molar-refractivity contribution is 6.30. The predicted octanol–water partition coefficient (Wildman–Crippen LogP) is 3.54. The number of carbonyl (C=O) groups excluding carboxylic acids is 4. The minimum atomic E-state index is -1.54. The lowest BCUT2D eigenvalue weighted by Crippen LogP contribution is -2.51. The van der Waals surface area contributed by atoms with E-state index < -0.39 is 71.9 Å². The average molecular weight is 582 g/mol. The molecule has 0 radical (unpaired) electrons. The highest BCUT2D eigenvalue weighted by Gasteiger charge is 2.29. The Bertz CT molecular complexity index is 1400. The van der Waals surface area contributed by atoms with Gasteiger partial charge in [-0.05, 0) is 38.1 Å². The molecular weight excluding hydrogens is 559 g/mol. The summed E-state index contributed by atoms with van der Waals surface area (Å²) in [5.74, 6) is -8.17. The number of aromatic nitrogens is 1. The van der Waals surface area contributed by atoms with Crippen molar-refractivity contribution in [1.82, 2.24) is 15.8 Å². The van der Waals surface area contributed by atoms with Crippen molar-refractivity contribution in [1.29, 1.82) is 0 Å². The van der Waals surface area contributed by atoms with Crippen LogP contribution in [0, 0.1) is 24.4 Å². The van der Waals surface area contributed by atoms with Crippen molar-refractivity contribution in [2.45, 2.75) is 32.4 Å². The summed E-state index contributed by atoms with van der Waals surface area (Å²) < 4.78 is 56.1. The second-order valence-corrected chi connectivity index (χ2v) is 8.92. The molecule has 1 heterocycles. The topological polar surface area (TPSA) is 137 Å². The van der Waals surface area contributed by atoms with Crippen LogP contribution in [-0.2, 0) is 19.1 Å². The monoisotopic (exact) mass is 581 g/mol. The van der Waals surface area contributed by atoms with Crippen LogP contribution in [-0.4, -0.2) is 54.5 Å². The summed E-state index contributed by atoms with van der Waals surface area (Å²) >= 11 is 5.86. The maximum Gasteiger partial charge on any atom is 0.308 e. The molecule has 0 saturated heterocycles. The number of Topliss-reactive ketones (excluding diaryl/α,β-unsaturated/α-hetero) is 1. The van der Waals surface area contributed by atoms with Crippen molar-refractivity contribution in [3.8, 4) is 17.1 Å². The Labute approximate surface area is 230 Å². The summed E-state index contributed by atoms with van der Waals surface area (Å²) in [4.78, 5) is 49.9. The Morgan fingerprint density at radius 1 is 1.05 bits per heavy atom.